The fourth-order valence-corrected chi connectivity index (χ4v) is 12.5. The van der Waals surface area contributed by atoms with Crippen molar-refractivity contribution >= 4 is 34.1 Å². The van der Waals surface area contributed by atoms with E-state index >= 15 is 4.57 Å². The summed E-state index contributed by atoms with van der Waals surface area (Å²) in [5.41, 5.74) is 12.5. The van der Waals surface area contributed by atoms with Crippen LogP contribution < -0.4 is 15.9 Å². The van der Waals surface area contributed by atoms with Gasteiger partial charge in [-0.3, -0.25) is 4.57 Å². The molecule has 9 aromatic rings. The third-order valence-corrected chi connectivity index (χ3v) is 14.7. The zero-order valence-corrected chi connectivity index (χ0v) is 30.2. The molecule has 1 aromatic heterocycles. The second kappa shape index (κ2) is 11.7. The van der Waals surface area contributed by atoms with E-state index in [0.717, 1.165) is 55.1 Å². The minimum absolute atomic E-state index is 0.550. The van der Waals surface area contributed by atoms with Gasteiger partial charge in [-0.2, -0.15) is 0 Å². The molecular weight excluding hydrogens is 676 g/mol. The predicted octanol–water partition coefficient (Wildman–Crippen LogP) is 10.7. The van der Waals surface area contributed by atoms with Crippen LogP contribution >= 0.6 is 7.14 Å². The molecule has 0 bridgehead atoms. The Morgan fingerprint density at radius 2 is 1.07 bits per heavy atom. The summed E-state index contributed by atoms with van der Waals surface area (Å²) < 4.78 is 18.8. The molecule has 3 nitrogen and oxygen atoms in total. The first-order chi connectivity index (χ1) is 26.7. The van der Waals surface area contributed by atoms with Crippen LogP contribution in [0, 0.1) is 0 Å². The number of hydrogen-bond acceptors (Lipinski definition) is 2. The van der Waals surface area contributed by atoms with Crippen molar-refractivity contribution in [2.45, 2.75) is 5.41 Å². The molecule has 0 radical (unpaired) electrons. The Bertz CT molecular complexity index is 2910. The fraction of sp³-hybridized carbons (Fsp3) is 0.0200. The summed E-state index contributed by atoms with van der Waals surface area (Å²) in [7, 11) is -3.43. The van der Waals surface area contributed by atoms with E-state index in [1.165, 1.54) is 33.4 Å². The van der Waals surface area contributed by atoms with E-state index in [-0.39, 0.29) is 0 Å². The summed E-state index contributed by atoms with van der Waals surface area (Å²) >= 11 is 0. The molecule has 0 saturated carbocycles. The Morgan fingerprint density at radius 1 is 0.481 bits per heavy atom. The van der Waals surface area contributed by atoms with Crippen LogP contribution in [0.15, 0.2) is 200 Å². The molecule has 2 heterocycles. The van der Waals surface area contributed by atoms with Gasteiger partial charge in [-0.15, -0.1) is 0 Å². The van der Waals surface area contributed by atoms with Crippen LogP contribution in [0.5, 0.6) is 0 Å². The number of nitrogens with zero attached hydrogens (tertiary/aromatic N) is 2. The van der Waals surface area contributed by atoms with Crippen LogP contribution in [0.4, 0.5) is 0 Å². The quantitative estimate of drug-likeness (QED) is 0.167. The normalized spacial score (nSPS) is 16.1. The van der Waals surface area contributed by atoms with Crippen LogP contribution in [-0.4, -0.2) is 9.55 Å². The van der Waals surface area contributed by atoms with Crippen molar-refractivity contribution in [2.75, 3.05) is 0 Å². The summed E-state index contributed by atoms with van der Waals surface area (Å²) in [6.07, 6.45) is 0. The molecule has 1 unspecified atom stereocenters. The van der Waals surface area contributed by atoms with Crippen LogP contribution in [0.2, 0.25) is 0 Å². The summed E-state index contributed by atoms with van der Waals surface area (Å²) in [6.45, 7) is 0. The maximum atomic E-state index is 16.5. The first kappa shape index (κ1) is 31.0. The van der Waals surface area contributed by atoms with E-state index in [1.54, 1.807) is 0 Å². The highest BCUT2D eigenvalue weighted by atomic mass is 31.2. The van der Waals surface area contributed by atoms with Gasteiger partial charge in [-0.1, -0.05) is 176 Å². The molecule has 254 valence electrons. The zero-order valence-electron chi connectivity index (χ0n) is 29.3. The molecule has 1 aliphatic carbocycles. The molecule has 11 rings (SSSR count). The molecule has 1 aliphatic heterocycles. The van der Waals surface area contributed by atoms with Crippen molar-refractivity contribution in [3.63, 3.8) is 0 Å². The Hall–Kier alpha value is -6.54. The van der Waals surface area contributed by atoms with Crippen LogP contribution in [0.3, 0.4) is 0 Å². The van der Waals surface area contributed by atoms with E-state index in [2.05, 4.69) is 144 Å². The number of benzene rings is 8. The Morgan fingerprint density at radius 3 is 1.80 bits per heavy atom. The monoisotopic (exact) mass is 708 g/mol. The van der Waals surface area contributed by atoms with Crippen molar-refractivity contribution in [3.8, 4) is 39.3 Å². The highest BCUT2D eigenvalue weighted by molar-refractivity contribution is 7.86. The van der Waals surface area contributed by atoms with E-state index in [9.17, 15) is 0 Å². The van der Waals surface area contributed by atoms with Gasteiger partial charge >= 0.3 is 0 Å². The van der Waals surface area contributed by atoms with Crippen molar-refractivity contribution in [2.24, 2.45) is 0 Å². The lowest BCUT2D eigenvalue weighted by Crippen LogP contribution is -2.34. The van der Waals surface area contributed by atoms with Crippen LogP contribution in [0.1, 0.15) is 22.3 Å². The molecule has 4 heteroatoms. The van der Waals surface area contributed by atoms with Gasteiger partial charge in [-0.25, -0.2) is 4.98 Å². The third kappa shape index (κ3) is 4.13. The fourth-order valence-electron chi connectivity index (χ4n) is 9.29. The van der Waals surface area contributed by atoms with Gasteiger partial charge < -0.3 is 4.57 Å². The van der Waals surface area contributed by atoms with Gasteiger partial charge in [0, 0.05) is 16.2 Å². The SMILES string of the molecule is O=P1(c2ccccc2)c2c(-c3ccc4c(c3)C(c3ccccc3)(c3ccccc3)c3ccccc3-4)cccc2-n2c(-c3ccccc3)nc3cccc1c32. The number of imidazole rings is 1. The molecular formula is C50H33N2OP. The van der Waals surface area contributed by atoms with Gasteiger partial charge in [0.25, 0.3) is 0 Å². The Balaban J connectivity index is 1.25. The molecule has 8 aromatic carbocycles. The summed E-state index contributed by atoms with van der Waals surface area (Å²) in [6, 6.07) is 70.4. The number of rotatable bonds is 5. The van der Waals surface area contributed by atoms with Gasteiger partial charge in [-0.05, 0) is 68.8 Å². The molecule has 2 aliphatic rings. The predicted molar refractivity (Wildman–Crippen MR) is 222 cm³/mol. The van der Waals surface area contributed by atoms with E-state index in [1.807, 2.05) is 60.7 Å². The summed E-state index contributed by atoms with van der Waals surface area (Å²) in [5.74, 6) is 0.840. The molecule has 0 fully saturated rings. The molecule has 54 heavy (non-hydrogen) atoms. The molecule has 0 saturated heterocycles. The molecule has 0 spiro atoms. The average molecular weight is 709 g/mol. The van der Waals surface area contributed by atoms with Crippen molar-refractivity contribution < 1.29 is 4.57 Å². The average Bonchev–Trinajstić information content (AvgIpc) is 3.79. The second-order valence-electron chi connectivity index (χ2n) is 14.2. The van der Waals surface area contributed by atoms with E-state index in [0.29, 0.717) is 0 Å². The minimum Gasteiger partial charge on any atom is -0.308 e. The lowest BCUT2D eigenvalue weighted by Gasteiger charge is -2.34. The highest BCUT2D eigenvalue weighted by Gasteiger charge is 2.47. The molecule has 1 atom stereocenters. The highest BCUT2D eigenvalue weighted by Crippen LogP contribution is 2.58. The molecule has 0 amide bonds. The van der Waals surface area contributed by atoms with Gasteiger partial charge in [0.2, 0.25) is 0 Å². The number of fused-ring (bicyclic) bond motifs is 5. The zero-order chi connectivity index (χ0) is 35.9. The van der Waals surface area contributed by atoms with Crippen LogP contribution in [0.25, 0.3) is 50.4 Å². The summed E-state index contributed by atoms with van der Waals surface area (Å²) in [5, 5.41) is 2.47. The van der Waals surface area contributed by atoms with E-state index in [4.69, 9.17) is 4.98 Å². The Labute approximate surface area is 314 Å². The number of aromatic nitrogens is 2. The maximum Gasteiger partial charge on any atom is 0.175 e. The van der Waals surface area contributed by atoms with Crippen molar-refractivity contribution in [3.05, 3.63) is 222 Å². The van der Waals surface area contributed by atoms with Crippen LogP contribution in [-0.2, 0) is 9.98 Å². The second-order valence-corrected chi connectivity index (χ2v) is 16.9. The smallest absolute Gasteiger partial charge is 0.175 e. The van der Waals surface area contributed by atoms with Crippen molar-refractivity contribution in [1.29, 1.82) is 0 Å². The first-order valence-corrected chi connectivity index (χ1v) is 20.1. The van der Waals surface area contributed by atoms with Gasteiger partial charge in [0.15, 0.2) is 7.14 Å². The Kier molecular flexibility index (Phi) is 6.74. The van der Waals surface area contributed by atoms with Gasteiger partial charge in [0.1, 0.15) is 5.82 Å². The molecule has 0 N–H and O–H groups in total. The topological polar surface area (TPSA) is 34.9 Å². The van der Waals surface area contributed by atoms with E-state index < -0.39 is 12.6 Å². The summed E-state index contributed by atoms with van der Waals surface area (Å²) in [4.78, 5) is 5.21. The standard InChI is InChI=1S/C50H33N2OP/c53-54(38-23-11-4-12-24-38)46-30-16-28-44-47(46)52(49(51-44)34-17-5-1-6-18-34)45-29-15-26-39(48(45)54)35-31-32-41-40-25-13-14-27-42(40)50(43(41)33-35,36-19-7-2-8-20-36)37-21-9-3-10-22-37/h1-33H. The lowest BCUT2D eigenvalue weighted by atomic mass is 9.67. The largest absolute Gasteiger partial charge is 0.308 e. The lowest BCUT2D eigenvalue weighted by molar-refractivity contribution is 0.592. The van der Waals surface area contributed by atoms with Crippen molar-refractivity contribution in [1.82, 2.24) is 9.55 Å². The minimum atomic E-state index is -3.43. The van der Waals surface area contributed by atoms with Gasteiger partial charge in [0.05, 0.1) is 27.4 Å². The number of hydrogen-bond donors (Lipinski definition) is 0. The number of para-hydroxylation sites is 1. The maximum absolute atomic E-state index is 16.5. The first-order valence-electron chi connectivity index (χ1n) is 18.4. The third-order valence-electron chi connectivity index (χ3n) is 11.5.